The Morgan fingerprint density at radius 3 is 2.58 bits per heavy atom. The molecule has 1 saturated carbocycles. The molecule has 186 valence electrons. The average molecular weight is 487 g/mol. The molecule has 2 heterocycles. The van der Waals surface area contributed by atoms with Crippen molar-refractivity contribution >= 4 is 11.7 Å². The molecule has 1 amide bonds. The van der Waals surface area contributed by atoms with Crippen LogP contribution in [0.3, 0.4) is 0 Å². The smallest absolute Gasteiger partial charge is 0.253 e. The summed E-state index contributed by atoms with van der Waals surface area (Å²) in [5.74, 6) is 0.652. The molecule has 5 rings (SSSR count). The molecule has 0 unspecified atom stereocenters. The number of rotatable bonds is 6. The van der Waals surface area contributed by atoms with Crippen molar-refractivity contribution in [2.24, 2.45) is 11.7 Å². The van der Waals surface area contributed by atoms with Crippen molar-refractivity contribution in [3.05, 3.63) is 65.5 Å². The van der Waals surface area contributed by atoms with Crippen molar-refractivity contribution in [1.82, 2.24) is 14.7 Å². The number of benzene rings is 2. The van der Waals surface area contributed by atoms with Gasteiger partial charge in [-0.15, -0.1) is 5.10 Å². The first-order valence-electron chi connectivity index (χ1n) is 12.7. The van der Waals surface area contributed by atoms with Gasteiger partial charge in [0.1, 0.15) is 17.7 Å². The Morgan fingerprint density at radius 1 is 1.11 bits per heavy atom. The maximum atomic E-state index is 14.5. The van der Waals surface area contributed by atoms with Crippen molar-refractivity contribution in [1.29, 1.82) is 5.26 Å². The quantitative estimate of drug-likeness (QED) is 0.525. The van der Waals surface area contributed by atoms with E-state index in [1.54, 1.807) is 10.7 Å². The summed E-state index contributed by atoms with van der Waals surface area (Å²) < 4.78 is 16.2. The van der Waals surface area contributed by atoms with Gasteiger partial charge in [-0.3, -0.25) is 4.79 Å². The molecule has 36 heavy (non-hydrogen) atoms. The van der Waals surface area contributed by atoms with Gasteiger partial charge in [-0.25, -0.2) is 9.07 Å². The molecule has 0 radical (unpaired) electrons. The molecule has 2 atom stereocenters. The molecule has 3 aromatic rings. The minimum Gasteiger partial charge on any atom is -0.368 e. The van der Waals surface area contributed by atoms with E-state index in [0.29, 0.717) is 28.6 Å². The molecule has 7 nitrogen and oxygen atoms in total. The van der Waals surface area contributed by atoms with Crippen LogP contribution in [0.5, 0.6) is 0 Å². The Hall–Kier alpha value is -3.70. The van der Waals surface area contributed by atoms with Gasteiger partial charge < -0.3 is 16.0 Å². The number of nitrogens with zero attached hydrogens (tertiary/aromatic N) is 4. The van der Waals surface area contributed by atoms with Crippen molar-refractivity contribution in [3.63, 3.8) is 0 Å². The van der Waals surface area contributed by atoms with E-state index < -0.39 is 5.82 Å². The van der Waals surface area contributed by atoms with Gasteiger partial charge in [0.2, 0.25) is 0 Å². The number of anilines is 1. The average Bonchev–Trinajstić information content (AvgIpc) is 3.58. The predicted molar refractivity (Wildman–Crippen MR) is 137 cm³/mol. The number of halogens is 1. The maximum absolute atomic E-state index is 14.5. The second-order valence-corrected chi connectivity index (χ2v) is 9.85. The number of carbonyl (C=O) groups is 1. The first kappa shape index (κ1) is 24.0. The SMILES string of the molecule is N#Cc1ccc(-c2cc(NC[C@H]3CCC[C@H](N)C3)nn2-c2ccc(C(=O)N3CCCC3)cc2)cc1F. The molecule has 1 aromatic heterocycles. The third-order valence-corrected chi connectivity index (χ3v) is 7.24. The van der Waals surface area contributed by atoms with Crippen molar-refractivity contribution < 1.29 is 9.18 Å². The van der Waals surface area contributed by atoms with Crippen molar-refractivity contribution in [2.75, 3.05) is 25.0 Å². The number of nitriles is 1. The van der Waals surface area contributed by atoms with Crippen LogP contribution >= 0.6 is 0 Å². The number of nitrogens with one attached hydrogen (secondary N) is 1. The van der Waals surface area contributed by atoms with Crippen LogP contribution in [0, 0.1) is 23.1 Å². The monoisotopic (exact) mass is 486 g/mol. The molecule has 8 heteroatoms. The van der Waals surface area contributed by atoms with E-state index in [0.717, 1.165) is 63.8 Å². The zero-order valence-corrected chi connectivity index (χ0v) is 20.3. The van der Waals surface area contributed by atoms with E-state index in [4.69, 9.17) is 16.1 Å². The van der Waals surface area contributed by atoms with Crippen LogP contribution in [-0.4, -0.2) is 46.3 Å². The van der Waals surface area contributed by atoms with E-state index in [9.17, 15) is 9.18 Å². The molecule has 1 saturated heterocycles. The topological polar surface area (TPSA) is 100.0 Å². The lowest BCUT2D eigenvalue weighted by Crippen LogP contribution is -2.31. The van der Waals surface area contributed by atoms with E-state index in [-0.39, 0.29) is 17.5 Å². The zero-order chi connectivity index (χ0) is 25.1. The van der Waals surface area contributed by atoms with Gasteiger partial charge >= 0.3 is 0 Å². The fraction of sp³-hybridized carbons (Fsp3) is 0.393. The van der Waals surface area contributed by atoms with Gasteiger partial charge in [0, 0.05) is 42.9 Å². The summed E-state index contributed by atoms with van der Waals surface area (Å²) in [6, 6.07) is 16.0. The summed E-state index contributed by atoms with van der Waals surface area (Å²) in [4.78, 5) is 14.6. The summed E-state index contributed by atoms with van der Waals surface area (Å²) in [5.41, 5.74) is 8.87. The number of carbonyl (C=O) groups excluding carboxylic acids is 1. The Kier molecular flexibility index (Phi) is 7.01. The number of likely N-dealkylation sites (tertiary alicyclic amines) is 1. The fourth-order valence-electron chi connectivity index (χ4n) is 5.25. The third-order valence-electron chi connectivity index (χ3n) is 7.24. The van der Waals surface area contributed by atoms with Gasteiger partial charge in [-0.05, 0) is 74.4 Å². The van der Waals surface area contributed by atoms with Crippen LogP contribution in [0.2, 0.25) is 0 Å². The lowest BCUT2D eigenvalue weighted by Gasteiger charge is -2.26. The van der Waals surface area contributed by atoms with Gasteiger partial charge in [-0.1, -0.05) is 12.5 Å². The lowest BCUT2D eigenvalue weighted by atomic mass is 9.86. The van der Waals surface area contributed by atoms with Crippen molar-refractivity contribution in [3.8, 4) is 23.0 Å². The molecule has 2 aromatic carbocycles. The highest BCUT2D eigenvalue weighted by Crippen LogP contribution is 2.29. The Morgan fingerprint density at radius 2 is 1.89 bits per heavy atom. The number of aromatic nitrogens is 2. The van der Waals surface area contributed by atoms with E-state index in [1.807, 2.05) is 41.3 Å². The predicted octanol–water partition coefficient (Wildman–Crippen LogP) is 4.72. The molecular weight excluding hydrogens is 455 g/mol. The maximum Gasteiger partial charge on any atom is 0.253 e. The van der Waals surface area contributed by atoms with Crippen LogP contribution in [0.25, 0.3) is 16.9 Å². The summed E-state index contributed by atoms with van der Waals surface area (Å²) in [7, 11) is 0. The van der Waals surface area contributed by atoms with Crippen LogP contribution in [0.4, 0.5) is 10.2 Å². The minimum absolute atomic E-state index is 0.00146. The number of nitrogens with two attached hydrogens (primary N) is 1. The normalized spacial score (nSPS) is 19.8. The summed E-state index contributed by atoms with van der Waals surface area (Å²) in [6.45, 7) is 2.37. The van der Waals surface area contributed by atoms with E-state index >= 15 is 0 Å². The Bertz CT molecular complexity index is 1270. The van der Waals surface area contributed by atoms with Gasteiger partial charge in [0.15, 0.2) is 0 Å². The summed E-state index contributed by atoms with van der Waals surface area (Å²) >= 11 is 0. The van der Waals surface area contributed by atoms with E-state index in [1.165, 1.54) is 12.1 Å². The van der Waals surface area contributed by atoms with E-state index in [2.05, 4.69) is 5.32 Å². The second-order valence-electron chi connectivity index (χ2n) is 9.85. The van der Waals surface area contributed by atoms with Gasteiger partial charge in [0.25, 0.3) is 5.91 Å². The fourth-order valence-corrected chi connectivity index (χ4v) is 5.25. The van der Waals surface area contributed by atoms with Gasteiger partial charge in [-0.2, -0.15) is 5.26 Å². The first-order chi connectivity index (χ1) is 17.5. The number of hydrogen-bond acceptors (Lipinski definition) is 5. The molecule has 0 bridgehead atoms. The Labute approximate surface area is 210 Å². The van der Waals surface area contributed by atoms with Crippen LogP contribution in [0.15, 0.2) is 48.5 Å². The summed E-state index contributed by atoms with van der Waals surface area (Å²) in [5, 5.41) is 17.3. The van der Waals surface area contributed by atoms with Crippen LogP contribution in [0.1, 0.15) is 54.4 Å². The van der Waals surface area contributed by atoms with Crippen LogP contribution in [-0.2, 0) is 0 Å². The zero-order valence-electron chi connectivity index (χ0n) is 20.3. The number of amides is 1. The second kappa shape index (κ2) is 10.5. The summed E-state index contributed by atoms with van der Waals surface area (Å²) in [6.07, 6.45) is 6.44. The van der Waals surface area contributed by atoms with Crippen molar-refractivity contribution in [2.45, 2.75) is 44.6 Å². The standard InChI is InChI=1S/C28H31FN6O/c29-25-15-21(6-7-22(25)17-30)26-16-27(32-18-19-4-3-5-23(31)14-19)33-35(26)24-10-8-20(9-11-24)28(36)34-12-1-2-13-34/h6-11,15-16,19,23H,1-5,12-14,18,31H2,(H,32,33)/t19-,23-/m0/s1. The van der Waals surface area contributed by atoms with Gasteiger partial charge in [0.05, 0.1) is 16.9 Å². The number of hydrogen-bond donors (Lipinski definition) is 2. The molecule has 1 aliphatic heterocycles. The lowest BCUT2D eigenvalue weighted by molar-refractivity contribution is 0.0793. The first-order valence-corrected chi connectivity index (χ1v) is 12.7. The molecular formula is C28H31FN6O. The Balaban J connectivity index is 1.43. The highest BCUT2D eigenvalue weighted by Gasteiger charge is 2.21. The molecule has 2 aliphatic rings. The molecule has 0 spiro atoms. The third kappa shape index (κ3) is 5.12. The highest BCUT2D eigenvalue weighted by molar-refractivity contribution is 5.94. The molecule has 3 N–H and O–H groups in total. The molecule has 1 aliphatic carbocycles. The highest BCUT2D eigenvalue weighted by atomic mass is 19.1. The van der Waals surface area contributed by atoms with Crippen LogP contribution < -0.4 is 11.1 Å². The minimum atomic E-state index is -0.569. The molecule has 2 fully saturated rings. The largest absolute Gasteiger partial charge is 0.368 e.